The van der Waals surface area contributed by atoms with Gasteiger partial charge in [-0.15, -0.1) is 12.4 Å². The lowest BCUT2D eigenvalue weighted by Crippen LogP contribution is -2.24. The molecule has 2 aromatic rings. The van der Waals surface area contributed by atoms with Crippen LogP contribution >= 0.6 is 24.0 Å². The Balaban J connectivity index is 0.00000220. The van der Waals surface area contributed by atoms with Crippen molar-refractivity contribution in [1.29, 1.82) is 0 Å². The van der Waals surface area contributed by atoms with Gasteiger partial charge in [-0.3, -0.25) is 9.78 Å². The van der Waals surface area contributed by atoms with E-state index in [-0.39, 0.29) is 30.8 Å². The number of halogens is 2. The van der Waals surface area contributed by atoms with E-state index in [0.717, 1.165) is 11.3 Å². The molecular weight excluding hydrogens is 309 g/mol. The second-order valence-electron chi connectivity index (χ2n) is 4.63. The summed E-state index contributed by atoms with van der Waals surface area (Å²) in [4.78, 5) is 16.2. The van der Waals surface area contributed by atoms with E-state index in [1.807, 2.05) is 24.3 Å². The van der Waals surface area contributed by atoms with Crippen LogP contribution in [0.15, 0.2) is 42.6 Å². The summed E-state index contributed by atoms with van der Waals surface area (Å²) < 4.78 is 0. The van der Waals surface area contributed by atoms with Crippen LogP contribution in [0.25, 0.3) is 11.3 Å². The molecular formula is C15H17Cl2N3O. The maximum atomic E-state index is 11.9. The van der Waals surface area contributed by atoms with E-state index in [2.05, 4.69) is 10.3 Å². The summed E-state index contributed by atoms with van der Waals surface area (Å²) in [5.41, 5.74) is 7.87. The molecule has 112 valence electrons. The van der Waals surface area contributed by atoms with Crippen molar-refractivity contribution in [3.05, 3.63) is 47.6 Å². The molecule has 0 aliphatic carbocycles. The predicted molar refractivity (Wildman–Crippen MR) is 88.8 cm³/mol. The Morgan fingerprint density at radius 1 is 1.38 bits per heavy atom. The normalized spacial score (nSPS) is 11.4. The lowest BCUT2D eigenvalue weighted by atomic mass is 10.1. The molecule has 6 heteroatoms. The van der Waals surface area contributed by atoms with Crippen LogP contribution in [0.2, 0.25) is 5.02 Å². The molecule has 0 aliphatic rings. The molecule has 1 unspecified atom stereocenters. The lowest BCUT2D eigenvalue weighted by Gasteiger charge is -2.12. The summed E-state index contributed by atoms with van der Waals surface area (Å²) in [5, 5.41) is 3.39. The molecule has 0 aliphatic heterocycles. The number of carbonyl (C=O) groups is 1. The Bertz CT molecular complexity index is 603. The summed E-state index contributed by atoms with van der Waals surface area (Å²) in [5.74, 6) is -0.139. The van der Waals surface area contributed by atoms with E-state index in [9.17, 15) is 4.79 Å². The summed E-state index contributed by atoms with van der Waals surface area (Å²) >= 11 is 6.00. The summed E-state index contributed by atoms with van der Waals surface area (Å²) in [6, 6.07) is 10.7. The van der Waals surface area contributed by atoms with Crippen LogP contribution in [0.5, 0.6) is 0 Å². The van der Waals surface area contributed by atoms with Gasteiger partial charge in [-0.2, -0.15) is 0 Å². The highest BCUT2D eigenvalue weighted by atomic mass is 35.5. The van der Waals surface area contributed by atoms with E-state index in [1.165, 1.54) is 0 Å². The molecule has 0 saturated heterocycles. The molecule has 0 fully saturated rings. The van der Waals surface area contributed by atoms with E-state index >= 15 is 0 Å². The first kappa shape index (κ1) is 17.4. The van der Waals surface area contributed by atoms with Crippen LogP contribution in [0.4, 0.5) is 5.69 Å². The number of nitrogens with two attached hydrogens (primary N) is 1. The van der Waals surface area contributed by atoms with Crippen LogP contribution < -0.4 is 11.1 Å². The van der Waals surface area contributed by atoms with Crippen molar-refractivity contribution in [3.8, 4) is 11.3 Å². The first-order chi connectivity index (χ1) is 9.56. The fourth-order valence-corrected chi connectivity index (χ4v) is 2.03. The lowest BCUT2D eigenvalue weighted by molar-refractivity contribution is -0.116. The van der Waals surface area contributed by atoms with Crippen LogP contribution in [0, 0.1) is 0 Å². The second-order valence-corrected chi connectivity index (χ2v) is 5.07. The highest BCUT2D eigenvalue weighted by Crippen LogP contribution is 2.29. The zero-order valence-electron chi connectivity index (χ0n) is 11.5. The molecule has 21 heavy (non-hydrogen) atoms. The van der Waals surface area contributed by atoms with Crippen LogP contribution in [0.1, 0.15) is 13.3 Å². The molecule has 3 N–H and O–H groups in total. The zero-order valence-corrected chi connectivity index (χ0v) is 13.1. The van der Waals surface area contributed by atoms with Crippen LogP contribution in [0.3, 0.4) is 0 Å². The van der Waals surface area contributed by atoms with Crippen molar-refractivity contribution in [3.63, 3.8) is 0 Å². The van der Waals surface area contributed by atoms with Crippen LogP contribution in [-0.4, -0.2) is 16.9 Å². The standard InChI is InChI=1S/C15H16ClN3O.ClH/c1-10(17)8-15(20)19-14-9-11(16)5-6-12(14)13-4-2-3-7-18-13;/h2-7,9-10H,8,17H2,1H3,(H,19,20);1H. The molecule has 1 heterocycles. The number of anilines is 1. The molecule has 1 aromatic carbocycles. The van der Waals surface area contributed by atoms with Gasteiger partial charge in [0, 0.05) is 29.2 Å². The van der Waals surface area contributed by atoms with Crippen molar-refractivity contribution in [2.45, 2.75) is 19.4 Å². The molecule has 4 nitrogen and oxygen atoms in total. The summed E-state index contributed by atoms with van der Waals surface area (Å²) in [6.45, 7) is 1.79. The minimum absolute atomic E-state index is 0. The summed E-state index contributed by atoms with van der Waals surface area (Å²) in [7, 11) is 0. The van der Waals surface area contributed by atoms with Crippen molar-refractivity contribution >= 4 is 35.6 Å². The maximum absolute atomic E-state index is 11.9. The SMILES string of the molecule is CC(N)CC(=O)Nc1cc(Cl)ccc1-c1ccccn1.Cl. The van der Waals surface area contributed by atoms with E-state index < -0.39 is 0 Å². The monoisotopic (exact) mass is 325 g/mol. The van der Waals surface area contributed by atoms with Gasteiger partial charge in [-0.05, 0) is 37.3 Å². The van der Waals surface area contributed by atoms with Gasteiger partial charge < -0.3 is 11.1 Å². The number of nitrogens with one attached hydrogen (secondary N) is 1. The van der Waals surface area contributed by atoms with Crippen LogP contribution in [-0.2, 0) is 4.79 Å². The van der Waals surface area contributed by atoms with E-state index in [1.54, 1.807) is 25.3 Å². The quantitative estimate of drug-likeness (QED) is 0.903. The number of rotatable bonds is 4. The highest BCUT2D eigenvalue weighted by molar-refractivity contribution is 6.31. The Morgan fingerprint density at radius 2 is 2.14 bits per heavy atom. The third-order valence-corrected chi connectivity index (χ3v) is 2.94. The zero-order chi connectivity index (χ0) is 14.5. The number of nitrogens with zero attached hydrogens (tertiary/aromatic N) is 1. The van der Waals surface area contributed by atoms with E-state index in [4.69, 9.17) is 17.3 Å². The molecule has 1 aromatic heterocycles. The molecule has 0 saturated carbocycles. The Morgan fingerprint density at radius 3 is 2.76 bits per heavy atom. The Hall–Kier alpha value is -1.62. The largest absolute Gasteiger partial charge is 0.327 e. The third kappa shape index (κ3) is 5.01. The van der Waals surface area contributed by atoms with Crippen molar-refractivity contribution in [2.75, 3.05) is 5.32 Å². The first-order valence-corrected chi connectivity index (χ1v) is 6.70. The van der Waals surface area contributed by atoms with Gasteiger partial charge in [0.2, 0.25) is 5.91 Å². The van der Waals surface area contributed by atoms with Gasteiger partial charge in [0.25, 0.3) is 0 Å². The van der Waals surface area contributed by atoms with Gasteiger partial charge in [0.05, 0.1) is 11.4 Å². The highest BCUT2D eigenvalue weighted by Gasteiger charge is 2.11. The number of pyridine rings is 1. The first-order valence-electron chi connectivity index (χ1n) is 6.32. The summed E-state index contributed by atoms with van der Waals surface area (Å²) in [6.07, 6.45) is 1.96. The molecule has 1 amide bonds. The average Bonchev–Trinajstić information content (AvgIpc) is 2.39. The molecule has 1 atom stereocenters. The minimum Gasteiger partial charge on any atom is -0.327 e. The topological polar surface area (TPSA) is 68.0 Å². The number of benzene rings is 1. The Kier molecular flexibility index (Phi) is 6.62. The molecule has 0 spiro atoms. The van der Waals surface area contributed by atoms with Gasteiger partial charge >= 0.3 is 0 Å². The fourth-order valence-electron chi connectivity index (χ4n) is 1.86. The molecule has 0 radical (unpaired) electrons. The van der Waals surface area contributed by atoms with Gasteiger partial charge in [0.15, 0.2) is 0 Å². The fraction of sp³-hybridized carbons (Fsp3) is 0.200. The minimum atomic E-state index is -0.188. The van der Waals surface area contributed by atoms with Crippen molar-refractivity contribution in [2.24, 2.45) is 5.73 Å². The number of aromatic nitrogens is 1. The van der Waals surface area contributed by atoms with Crippen molar-refractivity contribution in [1.82, 2.24) is 4.98 Å². The number of hydrogen-bond donors (Lipinski definition) is 2. The predicted octanol–water partition coefficient (Wildman–Crippen LogP) is 3.50. The molecule has 2 rings (SSSR count). The third-order valence-electron chi connectivity index (χ3n) is 2.70. The number of hydrogen-bond acceptors (Lipinski definition) is 3. The molecule has 0 bridgehead atoms. The van der Waals surface area contributed by atoms with Gasteiger partial charge in [0.1, 0.15) is 0 Å². The number of carbonyl (C=O) groups excluding carboxylic acids is 1. The average molecular weight is 326 g/mol. The van der Waals surface area contributed by atoms with Gasteiger partial charge in [-0.1, -0.05) is 17.7 Å². The number of amides is 1. The van der Waals surface area contributed by atoms with E-state index in [0.29, 0.717) is 10.7 Å². The Labute approximate surface area is 135 Å². The maximum Gasteiger partial charge on any atom is 0.225 e. The second kappa shape index (κ2) is 7.98. The van der Waals surface area contributed by atoms with Gasteiger partial charge in [-0.25, -0.2) is 0 Å². The van der Waals surface area contributed by atoms with Crippen molar-refractivity contribution < 1.29 is 4.79 Å². The smallest absolute Gasteiger partial charge is 0.225 e.